The van der Waals surface area contributed by atoms with E-state index < -0.39 is 0 Å². The monoisotopic (exact) mass is 412 g/mol. The first-order valence-corrected chi connectivity index (χ1v) is 11.7. The van der Waals surface area contributed by atoms with Crippen LogP contribution in [0.3, 0.4) is 0 Å². The van der Waals surface area contributed by atoms with Gasteiger partial charge in [-0.05, 0) is 51.7 Å². The second-order valence-corrected chi connectivity index (χ2v) is 8.94. The number of likely N-dealkylation sites (N-methyl/N-ethyl adjacent to an activating group) is 1. The lowest BCUT2D eigenvalue weighted by Gasteiger charge is -2.24. The largest absolute Gasteiger partial charge is 0.345 e. The average molecular weight is 413 g/mol. The lowest BCUT2D eigenvalue weighted by atomic mass is 9.96. The maximum atomic E-state index is 12.9. The topological polar surface area (TPSA) is 82.3 Å². The number of hydrogen-bond acceptors (Lipinski definition) is 5. The molecule has 0 heterocycles. The Kier molecular flexibility index (Phi) is 16.2. The summed E-state index contributed by atoms with van der Waals surface area (Å²) in [6, 6.07) is 0.343. The molecule has 0 spiro atoms. The number of Topliss-reactive ketones (excluding diaryl/α,β-unsaturated/α-hetero) is 1. The molecule has 0 aromatic carbocycles. The Labute approximate surface area is 179 Å². The summed E-state index contributed by atoms with van der Waals surface area (Å²) in [4.78, 5) is 25.5. The van der Waals surface area contributed by atoms with Crippen molar-refractivity contribution in [3.63, 3.8) is 0 Å². The van der Waals surface area contributed by atoms with Crippen LogP contribution in [-0.2, 0) is 9.59 Å². The van der Waals surface area contributed by atoms with Crippen molar-refractivity contribution in [3.05, 3.63) is 0 Å². The van der Waals surface area contributed by atoms with E-state index in [0.717, 1.165) is 51.7 Å². The molecular formula is C23H48N4O2. The predicted molar refractivity (Wildman–Crippen MR) is 123 cm³/mol. The lowest BCUT2D eigenvalue weighted by molar-refractivity contribution is -0.130. The van der Waals surface area contributed by atoms with Gasteiger partial charge in [-0.3, -0.25) is 9.59 Å². The highest BCUT2D eigenvalue weighted by molar-refractivity contribution is 5.91. The minimum absolute atomic E-state index is 0.0389. The second kappa shape index (κ2) is 16.8. The third kappa shape index (κ3) is 14.6. The summed E-state index contributed by atoms with van der Waals surface area (Å²) >= 11 is 0. The third-order valence-electron chi connectivity index (χ3n) is 4.94. The van der Waals surface area contributed by atoms with Gasteiger partial charge in [0.25, 0.3) is 0 Å². The quantitative estimate of drug-likeness (QED) is 0.260. The number of carbonyl (C=O) groups excluding carboxylic acids is 2. The number of amides is 1. The van der Waals surface area contributed by atoms with Crippen molar-refractivity contribution in [2.75, 3.05) is 19.6 Å². The standard InChI is InChI=1S/C23H48N4O2/c1-8-24-21(14-10-12-16-26-19(6)7)23(29)27-20(22(28)17(2)3)13-9-11-15-25-18(4)5/h17-21,24-26H,8-16H2,1-7H3,(H,27,29). The molecule has 0 bridgehead atoms. The number of hydrogen-bond donors (Lipinski definition) is 4. The van der Waals surface area contributed by atoms with Gasteiger partial charge in [-0.1, -0.05) is 54.9 Å². The van der Waals surface area contributed by atoms with Crippen LogP contribution in [0, 0.1) is 5.92 Å². The molecule has 4 N–H and O–H groups in total. The Hall–Kier alpha value is -0.980. The summed E-state index contributed by atoms with van der Waals surface area (Å²) in [5, 5.41) is 13.2. The van der Waals surface area contributed by atoms with Gasteiger partial charge in [-0.2, -0.15) is 0 Å². The molecule has 29 heavy (non-hydrogen) atoms. The molecule has 6 nitrogen and oxygen atoms in total. The van der Waals surface area contributed by atoms with Crippen molar-refractivity contribution in [3.8, 4) is 0 Å². The predicted octanol–water partition coefficient (Wildman–Crippen LogP) is 3.01. The number of carbonyl (C=O) groups is 2. The third-order valence-corrected chi connectivity index (χ3v) is 4.94. The van der Waals surface area contributed by atoms with Crippen LogP contribution in [0.15, 0.2) is 0 Å². The van der Waals surface area contributed by atoms with Gasteiger partial charge in [-0.25, -0.2) is 0 Å². The Balaban J connectivity index is 4.62. The lowest BCUT2D eigenvalue weighted by Crippen LogP contribution is -2.51. The molecule has 0 aliphatic heterocycles. The maximum absolute atomic E-state index is 12.9. The molecule has 2 unspecified atom stereocenters. The van der Waals surface area contributed by atoms with E-state index in [1.807, 2.05) is 20.8 Å². The van der Waals surface area contributed by atoms with Gasteiger partial charge in [0.1, 0.15) is 0 Å². The molecule has 6 heteroatoms. The normalized spacial score (nSPS) is 13.9. The zero-order valence-corrected chi connectivity index (χ0v) is 20.1. The number of nitrogens with one attached hydrogen (secondary N) is 4. The fourth-order valence-electron chi connectivity index (χ4n) is 3.26. The molecule has 0 aliphatic carbocycles. The molecule has 0 saturated heterocycles. The molecule has 0 saturated carbocycles. The van der Waals surface area contributed by atoms with Crippen LogP contribution in [-0.4, -0.2) is 55.5 Å². The summed E-state index contributed by atoms with van der Waals surface area (Å²) in [5.74, 6) is 0.0170. The minimum Gasteiger partial charge on any atom is -0.345 e. The van der Waals surface area contributed by atoms with Crippen molar-refractivity contribution >= 4 is 11.7 Å². The molecular weight excluding hydrogens is 364 g/mol. The van der Waals surface area contributed by atoms with Gasteiger partial charge >= 0.3 is 0 Å². The molecule has 0 rings (SSSR count). The minimum atomic E-state index is -0.384. The van der Waals surface area contributed by atoms with E-state index >= 15 is 0 Å². The first-order valence-electron chi connectivity index (χ1n) is 11.7. The first kappa shape index (κ1) is 28.0. The molecule has 1 amide bonds. The van der Waals surface area contributed by atoms with E-state index in [1.165, 1.54) is 0 Å². The highest BCUT2D eigenvalue weighted by Crippen LogP contribution is 2.10. The van der Waals surface area contributed by atoms with Crippen LogP contribution in [0.1, 0.15) is 87.0 Å². The van der Waals surface area contributed by atoms with Gasteiger partial charge in [-0.15, -0.1) is 0 Å². The van der Waals surface area contributed by atoms with Crippen molar-refractivity contribution in [2.24, 2.45) is 5.92 Å². The van der Waals surface area contributed by atoms with E-state index in [4.69, 9.17) is 0 Å². The van der Waals surface area contributed by atoms with Crippen LogP contribution in [0.5, 0.6) is 0 Å². The van der Waals surface area contributed by atoms with E-state index in [-0.39, 0.29) is 29.7 Å². The highest BCUT2D eigenvalue weighted by atomic mass is 16.2. The summed E-state index contributed by atoms with van der Waals surface area (Å²) in [6.45, 7) is 17.0. The van der Waals surface area contributed by atoms with E-state index in [9.17, 15) is 9.59 Å². The molecule has 0 aliphatic rings. The number of unbranched alkanes of at least 4 members (excludes halogenated alkanes) is 2. The highest BCUT2D eigenvalue weighted by Gasteiger charge is 2.26. The Morgan fingerprint density at radius 2 is 1.17 bits per heavy atom. The summed E-state index contributed by atoms with van der Waals surface area (Å²) < 4.78 is 0. The fraction of sp³-hybridized carbons (Fsp3) is 0.913. The summed E-state index contributed by atoms with van der Waals surface area (Å²) in [7, 11) is 0. The van der Waals surface area contributed by atoms with Crippen molar-refractivity contribution in [2.45, 2.75) is 111 Å². The molecule has 172 valence electrons. The van der Waals surface area contributed by atoms with Crippen LogP contribution in [0.25, 0.3) is 0 Å². The number of ketones is 1. The van der Waals surface area contributed by atoms with E-state index in [2.05, 4.69) is 49.0 Å². The smallest absolute Gasteiger partial charge is 0.237 e. The van der Waals surface area contributed by atoms with Crippen LogP contribution >= 0.6 is 0 Å². The zero-order chi connectivity index (χ0) is 22.2. The Bertz CT molecular complexity index is 439. The summed E-state index contributed by atoms with van der Waals surface area (Å²) in [5.41, 5.74) is 0. The van der Waals surface area contributed by atoms with Crippen LogP contribution in [0.2, 0.25) is 0 Å². The molecule has 0 fully saturated rings. The van der Waals surface area contributed by atoms with Crippen molar-refractivity contribution < 1.29 is 9.59 Å². The Morgan fingerprint density at radius 3 is 1.59 bits per heavy atom. The van der Waals surface area contributed by atoms with Crippen molar-refractivity contribution in [1.82, 2.24) is 21.3 Å². The van der Waals surface area contributed by atoms with Crippen molar-refractivity contribution in [1.29, 1.82) is 0 Å². The fourth-order valence-corrected chi connectivity index (χ4v) is 3.26. The molecule has 0 aromatic heterocycles. The number of rotatable bonds is 18. The Morgan fingerprint density at radius 1 is 0.690 bits per heavy atom. The summed E-state index contributed by atoms with van der Waals surface area (Å²) in [6.07, 6.45) is 5.46. The maximum Gasteiger partial charge on any atom is 0.237 e. The zero-order valence-electron chi connectivity index (χ0n) is 20.1. The van der Waals surface area contributed by atoms with Crippen LogP contribution < -0.4 is 21.3 Å². The van der Waals surface area contributed by atoms with E-state index in [0.29, 0.717) is 18.5 Å². The second-order valence-electron chi connectivity index (χ2n) is 8.94. The van der Waals surface area contributed by atoms with Gasteiger partial charge in [0.15, 0.2) is 5.78 Å². The average Bonchev–Trinajstić information content (AvgIpc) is 2.64. The molecule has 0 radical (unpaired) electrons. The first-order chi connectivity index (χ1) is 13.7. The van der Waals surface area contributed by atoms with Gasteiger partial charge in [0.2, 0.25) is 5.91 Å². The van der Waals surface area contributed by atoms with E-state index in [1.54, 1.807) is 0 Å². The molecule has 2 atom stereocenters. The van der Waals surface area contributed by atoms with Gasteiger partial charge < -0.3 is 21.3 Å². The van der Waals surface area contributed by atoms with Gasteiger partial charge in [0, 0.05) is 18.0 Å². The molecule has 0 aromatic rings. The van der Waals surface area contributed by atoms with Gasteiger partial charge in [0.05, 0.1) is 12.1 Å². The van der Waals surface area contributed by atoms with Crippen LogP contribution in [0.4, 0.5) is 0 Å². The SMILES string of the molecule is CCNC(CCCCNC(C)C)C(=O)NC(CCCCNC(C)C)C(=O)C(C)C.